The van der Waals surface area contributed by atoms with Crippen LogP contribution in [0.5, 0.6) is 17.2 Å². The molecule has 31 heavy (non-hydrogen) atoms. The first kappa shape index (κ1) is 22.0. The number of hydrogen-bond acceptors (Lipinski definition) is 5. The summed E-state index contributed by atoms with van der Waals surface area (Å²) in [4.78, 5) is 27.4. The van der Waals surface area contributed by atoms with Crippen LogP contribution in [0.25, 0.3) is 17.0 Å². The van der Waals surface area contributed by atoms with Gasteiger partial charge in [-0.05, 0) is 60.2 Å². The molecule has 0 aliphatic heterocycles. The van der Waals surface area contributed by atoms with Gasteiger partial charge in [-0.2, -0.15) is 0 Å². The summed E-state index contributed by atoms with van der Waals surface area (Å²) >= 11 is 0. The van der Waals surface area contributed by atoms with E-state index in [2.05, 4.69) is 10.3 Å². The number of aryl methyl sites for hydroxylation is 1. The van der Waals surface area contributed by atoms with Gasteiger partial charge in [0.15, 0.2) is 11.5 Å². The van der Waals surface area contributed by atoms with E-state index >= 15 is 0 Å². The molecule has 0 saturated carbocycles. The summed E-state index contributed by atoms with van der Waals surface area (Å²) in [6, 6.07) is 11.3. The zero-order valence-corrected chi connectivity index (χ0v) is 18.1. The van der Waals surface area contributed by atoms with E-state index in [1.54, 1.807) is 18.2 Å². The Labute approximate surface area is 180 Å². The molecule has 7 heteroatoms. The Kier molecular flexibility index (Phi) is 6.97. The van der Waals surface area contributed by atoms with Crippen molar-refractivity contribution in [2.24, 2.45) is 0 Å². The maximum Gasteiger partial charge on any atom is 0.251 e. The van der Waals surface area contributed by atoms with Crippen molar-refractivity contribution in [2.75, 3.05) is 27.9 Å². The van der Waals surface area contributed by atoms with Gasteiger partial charge in [0, 0.05) is 23.7 Å². The predicted molar refractivity (Wildman–Crippen MR) is 121 cm³/mol. The summed E-state index contributed by atoms with van der Waals surface area (Å²) in [5, 5.41) is 3.77. The highest BCUT2D eigenvalue weighted by atomic mass is 16.5. The highest BCUT2D eigenvalue weighted by molar-refractivity contribution is 5.92. The lowest BCUT2D eigenvalue weighted by molar-refractivity contribution is -0.116. The minimum Gasteiger partial charge on any atom is -0.493 e. The molecule has 3 rings (SSSR count). The number of H-pyrrole nitrogens is 1. The van der Waals surface area contributed by atoms with Crippen molar-refractivity contribution in [3.8, 4) is 17.2 Å². The zero-order valence-electron chi connectivity index (χ0n) is 18.1. The van der Waals surface area contributed by atoms with E-state index in [0.29, 0.717) is 35.8 Å². The van der Waals surface area contributed by atoms with Crippen LogP contribution in [0.15, 0.2) is 47.3 Å². The fraction of sp³-hybridized carbons (Fsp3) is 0.250. The monoisotopic (exact) mass is 422 g/mol. The molecule has 162 valence electrons. The number of amides is 1. The van der Waals surface area contributed by atoms with Gasteiger partial charge in [-0.25, -0.2) is 0 Å². The van der Waals surface area contributed by atoms with Gasteiger partial charge in [-0.3, -0.25) is 9.59 Å². The molecule has 3 aromatic rings. The SMILES string of the molecule is COc1cc(/C=C\C(=O)NCCc2cc3ccc(C)cc3[nH]c2=O)cc(OC)c1OC. The van der Waals surface area contributed by atoms with Crippen molar-refractivity contribution in [2.45, 2.75) is 13.3 Å². The van der Waals surface area contributed by atoms with Crippen LogP contribution in [0.3, 0.4) is 0 Å². The second-order valence-corrected chi connectivity index (χ2v) is 7.05. The van der Waals surface area contributed by atoms with E-state index < -0.39 is 0 Å². The summed E-state index contributed by atoms with van der Waals surface area (Å²) in [6.45, 7) is 2.33. The van der Waals surface area contributed by atoms with Crippen LogP contribution in [0, 0.1) is 6.92 Å². The molecule has 7 nitrogen and oxygen atoms in total. The number of carbonyl (C=O) groups excluding carboxylic acids is 1. The van der Waals surface area contributed by atoms with Crippen LogP contribution in [-0.4, -0.2) is 38.8 Å². The molecular formula is C24H26N2O5. The maximum atomic E-state index is 12.3. The second kappa shape index (κ2) is 9.84. The number of hydrogen-bond donors (Lipinski definition) is 2. The van der Waals surface area contributed by atoms with Gasteiger partial charge in [0.05, 0.1) is 21.3 Å². The molecule has 0 saturated heterocycles. The standard InChI is InChI=1S/C24H26N2O5/c1-15-5-7-17-14-18(24(28)26-19(17)11-15)9-10-25-22(27)8-6-16-12-20(29-2)23(31-4)21(13-16)30-3/h5-8,11-14H,9-10H2,1-4H3,(H,25,27)(H,26,28)/b8-6-. The molecule has 0 bridgehead atoms. The van der Waals surface area contributed by atoms with E-state index in [1.807, 2.05) is 31.2 Å². The van der Waals surface area contributed by atoms with Gasteiger partial charge >= 0.3 is 0 Å². The molecule has 0 spiro atoms. The first-order valence-corrected chi connectivity index (χ1v) is 9.83. The third kappa shape index (κ3) is 5.25. The number of aromatic nitrogens is 1. The van der Waals surface area contributed by atoms with Crippen LogP contribution >= 0.6 is 0 Å². The lowest BCUT2D eigenvalue weighted by atomic mass is 10.1. The minimum atomic E-state index is -0.262. The van der Waals surface area contributed by atoms with Crippen LogP contribution in [0.1, 0.15) is 16.7 Å². The van der Waals surface area contributed by atoms with E-state index in [4.69, 9.17) is 14.2 Å². The molecule has 0 aliphatic carbocycles. The van der Waals surface area contributed by atoms with Gasteiger partial charge in [0.2, 0.25) is 11.7 Å². The molecule has 0 atom stereocenters. The third-order valence-corrected chi connectivity index (χ3v) is 4.89. The van der Waals surface area contributed by atoms with Gasteiger partial charge in [0.25, 0.3) is 5.56 Å². The van der Waals surface area contributed by atoms with Gasteiger partial charge < -0.3 is 24.5 Å². The fourth-order valence-electron chi connectivity index (χ4n) is 3.29. The molecule has 0 aliphatic rings. The zero-order chi connectivity index (χ0) is 22.4. The Morgan fingerprint density at radius 3 is 2.39 bits per heavy atom. The maximum absolute atomic E-state index is 12.3. The number of rotatable bonds is 8. The normalized spacial score (nSPS) is 11.0. The number of pyridine rings is 1. The first-order valence-electron chi connectivity index (χ1n) is 9.83. The van der Waals surface area contributed by atoms with Crippen LogP contribution < -0.4 is 25.1 Å². The highest BCUT2D eigenvalue weighted by Crippen LogP contribution is 2.38. The van der Waals surface area contributed by atoms with E-state index in [0.717, 1.165) is 22.0 Å². The molecule has 0 radical (unpaired) electrons. The summed E-state index contributed by atoms with van der Waals surface area (Å²) in [5.74, 6) is 1.24. The molecule has 0 fully saturated rings. The lowest BCUT2D eigenvalue weighted by Gasteiger charge is -2.12. The largest absolute Gasteiger partial charge is 0.493 e. The Morgan fingerprint density at radius 1 is 1.03 bits per heavy atom. The van der Waals surface area contributed by atoms with Crippen LogP contribution in [-0.2, 0) is 11.2 Å². The summed E-state index contributed by atoms with van der Waals surface area (Å²) in [7, 11) is 4.60. The second-order valence-electron chi connectivity index (χ2n) is 7.05. The number of nitrogens with one attached hydrogen (secondary N) is 2. The Bertz CT molecular complexity index is 1160. The van der Waals surface area contributed by atoms with E-state index in [1.165, 1.54) is 27.4 Å². The number of fused-ring (bicyclic) bond motifs is 1. The Balaban J connectivity index is 1.64. The number of benzene rings is 2. The number of methoxy groups -OCH3 is 3. The molecule has 0 unspecified atom stereocenters. The topological polar surface area (TPSA) is 89.7 Å². The number of carbonyl (C=O) groups is 1. The minimum absolute atomic E-state index is 0.139. The average molecular weight is 422 g/mol. The van der Waals surface area contributed by atoms with Crippen LogP contribution in [0.4, 0.5) is 0 Å². The smallest absolute Gasteiger partial charge is 0.251 e. The Morgan fingerprint density at radius 2 is 1.74 bits per heavy atom. The van der Waals surface area contributed by atoms with Gasteiger partial charge in [-0.1, -0.05) is 12.1 Å². The van der Waals surface area contributed by atoms with E-state index in [9.17, 15) is 9.59 Å². The lowest BCUT2D eigenvalue weighted by Crippen LogP contribution is -2.25. The Hall–Kier alpha value is -3.74. The molecule has 1 amide bonds. The van der Waals surface area contributed by atoms with Crippen LogP contribution in [0.2, 0.25) is 0 Å². The first-order chi connectivity index (χ1) is 14.9. The molecule has 2 aromatic carbocycles. The van der Waals surface area contributed by atoms with Crippen molar-refractivity contribution in [1.82, 2.24) is 10.3 Å². The molecule has 1 heterocycles. The molecule has 1 aromatic heterocycles. The van der Waals surface area contributed by atoms with Gasteiger partial charge in [-0.15, -0.1) is 0 Å². The molecular weight excluding hydrogens is 396 g/mol. The van der Waals surface area contributed by atoms with Crippen molar-refractivity contribution < 1.29 is 19.0 Å². The third-order valence-electron chi connectivity index (χ3n) is 4.89. The van der Waals surface area contributed by atoms with Crippen molar-refractivity contribution in [1.29, 1.82) is 0 Å². The summed E-state index contributed by atoms with van der Waals surface area (Å²) < 4.78 is 15.9. The van der Waals surface area contributed by atoms with Crippen molar-refractivity contribution >= 4 is 22.9 Å². The fourth-order valence-corrected chi connectivity index (χ4v) is 3.29. The predicted octanol–water partition coefficient (Wildman–Crippen LogP) is 3.23. The number of aromatic amines is 1. The van der Waals surface area contributed by atoms with E-state index in [-0.39, 0.29) is 11.5 Å². The number of ether oxygens (including phenoxy) is 3. The molecule has 2 N–H and O–H groups in total. The van der Waals surface area contributed by atoms with Gasteiger partial charge in [0.1, 0.15) is 0 Å². The average Bonchev–Trinajstić information content (AvgIpc) is 2.77. The highest BCUT2D eigenvalue weighted by Gasteiger charge is 2.12. The quantitative estimate of drug-likeness (QED) is 0.544. The summed E-state index contributed by atoms with van der Waals surface area (Å²) in [6.07, 6.45) is 3.52. The summed E-state index contributed by atoms with van der Waals surface area (Å²) in [5.41, 5.74) is 3.12. The van der Waals surface area contributed by atoms with Crippen molar-refractivity contribution in [3.63, 3.8) is 0 Å². The van der Waals surface area contributed by atoms with Crippen molar-refractivity contribution in [3.05, 3.63) is 69.5 Å².